The van der Waals surface area contributed by atoms with Crippen LogP contribution in [0.3, 0.4) is 0 Å². The first-order valence-electron chi connectivity index (χ1n) is 8.08. The molecule has 4 nitrogen and oxygen atoms in total. The van der Waals surface area contributed by atoms with Crippen LogP contribution in [0.15, 0.2) is 0 Å². The van der Waals surface area contributed by atoms with Crippen LogP contribution in [0.4, 0.5) is 0 Å². The van der Waals surface area contributed by atoms with Crippen molar-refractivity contribution in [3.8, 4) is 0 Å². The molecule has 0 aromatic heterocycles. The molecular formula is C16H29NO3. The first-order valence-corrected chi connectivity index (χ1v) is 8.08. The first-order chi connectivity index (χ1) is 9.64. The zero-order valence-corrected chi connectivity index (χ0v) is 13.0. The predicted molar refractivity (Wildman–Crippen MR) is 78.6 cm³/mol. The van der Waals surface area contributed by atoms with Crippen LogP contribution < -0.4 is 5.32 Å². The van der Waals surface area contributed by atoms with Crippen LogP contribution in [0.25, 0.3) is 0 Å². The molecule has 0 aromatic carbocycles. The molecule has 2 aliphatic carbocycles. The van der Waals surface area contributed by atoms with E-state index in [1.807, 2.05) is 6.92 Å². The lowest BCUT2D eigenvalue weighted by molar-refractivity contribution is -0.148. The molecule has 0 aromatic rings. The van der Waals surface area contributed by atoms with Crippen molar-refractivity contribution in [3.05, 3.63) is 0 Å². The van der Waals surface area contributed by atoms with Gasteiger partial charge in [0.25, 0.3) is 0 Å². The third-order valence-electron chi connectivity index (χ3n) is 4.32. The Balaban J connectivity index is 1.56. The molecule has 0 spiro atoms. The zero-order chi connectivity index (χ0) is 14.4. The van der Waals surface area contributed by atoms with E-state index in [-0.39, 0.29) is 5.97 Å². The van der Waals surface area contributed by atoms with Crippen molar-refractivity contribution in [3.63, 3.8) is 0 Å². The Hall–Kier alpha value is -0.610. The molecule has 2 saturated carbocycles. The molecule has 1 atom stereocenters. The number of rotatable bonds is 11. The van der Waals surface area contributed by atoms with E-state index < -0.39 is 5.54 Å². The number of hydrogen-bond donors (Lipinski definition) is 1. The molecule has 1 N–H and O–H groups in total. The highest BCUT2D eigenvalue weighted by atomic mass is 16.5. The largest absolute Gasteiger partial charge is 0.468 e. The summed E-state index contributed by atoms with van der Waals surface area (Å²) in [6.45, 7) is 3.68. The molecule has 0 bridgehead atoms. The van der Waals surface area contributed by atoms with Crippen LogP contribution in [0.5, 0.6) is 0 Å². The van der Waals surface area contributed by atoms with E-state index in [0.717, 1.165) is 38.4 Å². The van der Waals surface area contributed by atoms with Crippen molar-refractivity contribution in [1.82, 2.24) is 5.32 Å². The molecule has 2 aliphatic rings. The number of carbonyl (C=O) groups is 1. The molecule has 0 saturated heterocycles. The molecule has 0 aliphatic heterocycles. The summed E-state index contributed by atoms with van der Waals surface area (Å²) in [5.41, 5.74) is -0.524. The van der Waals surface area contributed by atoms with Crippen molar-refractivity contribution in [2.75, 3.05) is 20.3 Å². The lowest BCUT2D eigenvalue weighted by atomic mass is 9.94. The van der Waals surface area contributed by atoms with Crippen LogP contribution in [0, 0.1) is 5.92 Å². The lowest BCUT2D eigenvalue weighted by Gasteiger charge is -2.28. The van der Waals surface area contributed by atoms with Crippen molar-refractivity contribution in [1.29, 1.82) is 0 Å². The maximum absolute atomic E-state index is 11.9. The highest BCUT2D eigenvalue weighted by Crippen LogP contribution is 2.32. The molecule has 0 amide bonds. The second-order valence-corrected chi connectivity index (χ2v) is 6.54. The molecule has 116 valence electrons. The van der Waals surface area contributed by atoms with Gasteiger partial charge in [-0.1, -0.05) is 12.8 Å². The Morgan fingerprint density at radius 3 is 2.55 bits per heavy atom. The number of ether oxygens (including phenoxy) is 2. The molecule has 2 rings (SSSR count). The van der Waals surface area contributed by atoms with Gasteiger partial charge in [0, 0.05) is 19.3 Å². The Morgan fingerprint density at radius 1 is 1.20 bits per heavy atom. The van der Waals surface area contributed by atoms with Gasteiger partial charge in [-0.15, -0.1) is 0 Å². The lowest BCUT2D eigenvalue weighted by Crippen LogP contribution is -2.51. The number of esters is 1. The molecule has 0 heterocycles. The Kier molecular flexibility index (Phi) is 5.85. The quantitative estimate of drug-likeness (QED) is 0.468. The summed E-state index contributed by atoms with van der Waals surface area (Å²) in [5.74, 6) is 0.805. The summed E-state index contributed by atoms with van der Waals surface area (Å²) in [6.07, 6.45) is 9.21. The maximum atomic E-state index is 11.9. The fourth-order valence-electron chi connectivity index (χ4n) is 2.58. The van der Waals surface area contributed by atoms with E-state index in [9.17, 15) is 4.79 Å². The summed E-state index contributed by atoms with van der Waals surface area (Å²) < 4.78 is 10.6. The summed E-state index contributed by atoms with van der Waals surface area (Å²) in [4.78, 5) is 11.9. The monoisotopic (exact) mass is 283 g/mol. The molecule has 0 radical (unpaired) electrons. The standard InChI is InChI=1S/C16H29NO3/c1-16(15(18)19-2,17-14-7-8-14)10-3-4-11-20-12-9-13-5-6-13/h13-14,17H,3-12H2,1-2H3. The summed E-state index contributed by atoms with van der Waals surface area (Å²) in [5, 5.41) is 3.43. The SMILES string of the molecule is COC(=O)C(C)(CCCCOCCC1CC1)NC1CC1. The van der Waals surface area contributed by atoms with Gasteiger partial charge in [0.2, 0.25) is 0 Å². The smallest absolute Gasteiger partial charge is 0.325 e. The van der Waals surface area contributed by atoms with E-state index in [1.165, 1.54) is 39.2 Å². The van der Waals surface area contributed by atoms with Gasteiger partial charge in [-0.25, -0.2) is 0 Å². The zero-order valence-electron chi connectivity index (χ0n) is 13.0. The normalized spacial score (nSPS) is 21.5. The van der Waals surface area contributed by atoms with Gasteiger partial charge in [0.1, 0.15) is 5.54 Å². The Labute approximate surface area is 122 Å². The second-order valence-electron chi connectivity index (χ2n) is 6.54. The third kappa shape index (κ3) is 5.41. The van der Waals surface area contributed by atoms with Gasteiger partial charge in [0.05, 0.1) is 7.11 Å². The van der Waals surface area contributed by atoms with Crippen LogP contribution in [0.2, 0.25) is 0 Å². The van der Waals surface area contributed by atoms with E-state index in [0.29, 0.717) is 6.04 Å². The van der Waals surface area contributed by atoms with E-state index in [1.54, 1.807) is 0 Å². The fourth-order valence-corrected chi connectivity index (χ4v) is 2.58. The highest BCUT2D eigenvalue weighted by Gasteiger charge is 2.38. The minimum Gasteiger partial charge on any atom is -0.468 e. The average Bonchev–Trinajstić information content (AvgIpc) is 3.31. The number of carbonyl (C=O) groups excluding carboxylic acids is 1. The van der Waals surface area contributed by atoms with Crippen molar-refractivity contribution in [2.45, 2.75) is 69.9 Å². The van der Waals surface area contributed by atoms with Crippen LogP contribution in [-0.4, -0.2) is 37.9 Å². The topological polar surface area (TPSA) is 47.6 Å². The minimum absolute atomic E-state index is 0.140. The van der Waals surface area contributed by atoms with Crippen molar-refractivity contribution in [2.24, 2.45) is 5.92 Å². The van der Waals surface area contributed by atoms with Crippen molar-refractivity contribution >= 4 is 5.97 Å². The average molecular weight is 283 g/mol. The van der Waals surface area contributed by atoms with Gasteiger partial charge < -0.3 is 9.47 Å². The van der Waals surface area contributed by atoms with Gasteiger partial charge in [-0.05, 0) is 51.4 Å². The summed E-state index contributed by atoms with van der Waals surface area (Å²) in [7, 11) is 1.47. The van der Waals surface area contributed by atoms with E-state index in [2.05, 4.69) is 5.32 Å². The summed E-state index contributed by atoms with van der Waals surface area (Å²) >= 11 is 0. The molecule has 1 unspecified atom stereocenters. The van der Waals surface area contributed by atoms with Crippen LogP contribution >= 0.6 is 0 Å². The number of methoxy groups -OCH3 is 1. The summed E-state index contributed by atoms with van der Waals surface area (Å²) in [6, 6.07) is 0.508. The fraction of sp³-hybridized carbons (Fsp3) is 0.938. The van der Waals surface area contributed by atoms with Gasteiger partial charge >= 0.3 is 5.97 Å². The second kappa shape index (κ2) is 7.41. The number of unbranched alkanes of at least 4 members (excludes halogenated alkanes) is 1. The molecule has 20 heavy (non-hydrogen) atoms. The molecular weight excluding hydrogens is 254 g/mol. The van der Waals surface area contributed by atoms with Crippen molar-refractivity contribution < 1.29 is 14.3 Å². The first kappa shape index (κ1) is 15.8. The van der Waals surface area contributed by atoms with Crippen LogP contribution in [0.1, 0.15) is 58.3 Å². The number of hydrogen-bond acceptors (Lipinski definition) is 4. The van der Waals surface area contributed by atoms with Gasteiger partial charge in [-0.2, -0.15) is 0 Å². The Bertz CT molecular complexity index is 313. The van der Waals surface area contributed by atoms with Crippen LogP contribution in [-0.2, 0) is 14.3 Å². The highest BCUT2D eigenvalue weighted by molar-refractivity contribution is 5.80. The van der Waals surface area contributed by atoms with Gasteiger partial charge in [0.15, 0.2) is 0 Å². The molecule has 4 heteroatoms. The van der Waals surface area contributed by atoms with E-state index in [4.69, 9.17) is 9.47 Å². The van der Waals surface area contributed by atoms with Gasteiger partial charge in [-0.3, -0.25) is 10.1 Å². The minimum atomic E-state index is -0.524. The molecule has 2 fully saturated rings. The Morgan fingerprint density at radius 2 is 1.95 bits per heavy atom. The third-order valence-corrected chi connectivity index (χ3v) is 4.32. The maximum Gasteiger partial charge on any atom is 0.325 e. The number of nitrogens with one attached hydrogen (secondary N) is 1. The predicted octanol–water partition coefficient (Wildman–Crippen LogP) is 2.66. The van der Waals surface area contributed by atoms with E-state index >= 15 is 0 Å².